The molecule has 0 aromatic heterocycles. The van der Waals surface area contributed by atoms with Crippen molar-refractivity contribution in [2.45, 2.75) is 199 Å². The zero-order valence-electron chi connectivity index (χ0n) is 40.2. The molecule has 15 nitrogen and oxygen atoms in total. The smallest absolute Gasteiger partial charge is 0.338 e. The van der Waals surface area contributed by atoms with Crippen LogP contribution in [0.15, 0.2) is 24.3 Å². The standard InChI is InChI=1S/C47H79ClN2O13/c1-15-21-50-25-26(3)23-45(9,55)40(63-44-37(51)34(49(12)13)22-27(4)58-44)28(5)38(61-36-24-46(10,57-14)39(52)31(8)59-36)29(6)42(53)60-35(16-2)47(11,56)41(30(50)7)62-43(54)32-17-19-33(48)20-18-32/h17-20,26-31,34-41,44,51-52,55-56H,15-16,21-25H2,1-14H3/t26-,27-,28+,29-,30-,31+,34+,35-,36+,37-,38+,39+,40-,41-,44+,45+,46-,47-/m1/s1. The first-order valence-electron chi connectivity index (χ1n) is 22.9. The Morgan fingerprint density at radius 1 is 0.952 bits per heavy atom. The second-order valence-electron chi connectivity index (χ2n) is 19.6. The van der Waals surface area contributed by atoms with Crippen LogP contribution in [0.4, 0.5) is 0 Å². The molecule has 0 radical (unpaired) electrons. The minimum absolute atomic E-state index is 0.101. The largest absolute Gasteiger partial charge is 0.459 e. The van der Waals surface area contributed by atoms with Crippen molar-refractivity contribution < 1.29 is 63.2 Å². The van der Waals surface area contributed by atoms with Gasteiger partial charge < -0.3 is 58.5 Å². The van der Waals surface area contributed by atoms with Crippen LogP contribution >= 0.6 is 11.6 Å². The number of aliphatic hydroxyl groups excluding tert-OH is 2. The van der Waals surface area contributed by atoms with Gasteiger partial charge in [-0.3, -0.25) is 9.69 Å². The third kappa shape index (κ3) is 12.7. The monoisotopic (exact) mass is 915 g/mol. The summed E-state index contributed by atoms with van der Waals surface area (Å²) in [5.74, 6) is -3.51. The van der Waals surface area contributed by atoms with Crippen LogP contribution < -0.4 is 0 Å². The molecule has 0 unspecified atom stereocenters. The SMILES string of the molecule is CCCN1C[C@H](C)C[C@](C)(O)[C@H](O[C@@H]2O[C@H](C)C[C@H](N(C)C)[C@H]2O)[C@@H](C)[C@H](O[C@H]2C[C@@](C)(OC)[C@@H](O)[C@H](C)O2)[C@@H](C)C(=O)O[C@H](CC)[C@@](C)(O)[C@H](OC(=O)c2ccc(Cl)cc2)[C@H]1C. The summed E-state index contributed by atoms with van der Waals surface area (Å²) < 4.78 is 44.5. The van der Waals surface area contributed by atoms with Gasteiger partial charge in [-0.2, -0.15) is 0 Å². The predicted molar refractivity (Wildman–Crippen MR) is 238 cm³/mol. The molecule has 18 atom stereocenters. The van der Waals surface area contributed by atoms with E-state index < -0.39 is 102 Å². The lowest BCUT2D eigenvalue weighted by Gasteiger charge is -2.48. The molecule has 1 aromatic carbocycles. The molecule has 3 saturated heterocycles. The zero-order chi connectivity index (χ0) is 47.4. The van der Waals surface area contributed by atoms with E-state index in [1.807, 2.05) is 53.6 Å². The van der Waals surface area contributed by atoms with Gasteiger partial charge in [-0.15, -0.1) is 0 Å². The Bertz CT molecular complexity index is 1620. The van der Waals surface area contributed by atoms with Gasteiger partial charge in [0, 0.05) is 43.1 Å². The van der Waals surface area contributed by atoms with Gasteiger partial charge >= 0.3 is 11.9 Å². The number of carbonyl (C=O) groups excluding carboxylic acids is 2. The van der Waals surface area contributed by atoms with Crippen LogP contribution in [0.25, 0.3) is 0 Å². The fraction of sp³-hybridized carbons (Fsp3) is 0.830. The van der Waals surface area contributed by atoms with Gasteiger partial charge in [0.25, 0.3) is 0 Å². The van der Waals surface area contributed by atoms with Crippen molar-refractivity contribution in [2.24, 2.45) is 17.8 Å². The Kier molecular flexibility index (Phi) is 18.9. The first kappa shape index (κ1) is 53.6. The van der Waals surface area contributed by atoms with E-state index >= 15 is 0 Å². The lowest BCUT2D eigenvalue weighted by molar-refractivity contribution is -0.318. The van der Waals surface area contributed by atoms with Gasteiger partial charge in [-0.05, 0) is 125 Å². The Labute approximate surface area is 380 Å². The average Bonchev–Trinajstić information content (AvgIpc) is 3.21. The Morgan fingerprint density at radius 3 is 2.16 bits per heavy atom. The van der Waals surface area contributed by atoms with Gasteiger partial charge in [0.05, 0.1) is 47.1 Å². The highest BCUT2D eigenvalue weighted by Gasteiger charge is 2.53. The molecule has 4 N–H and O–H groups in total. The first-order valence-corrected chi connectivity index (χ1v) is 23.2. The average molecular weight is 916 g/mol. The minimum Gasteiger partial charge on any atom is -0.459 e. The normalized spacial score (nSPS) is 42.9. The summed E-state index contributed by atoms with van der Waals surface area (Å²) >= 11 is 6.13. The molecule has 3 fully saturated rings. The molecule has 1 aromatic rings. The fourth-order valence-corrected chi connectivity index (χ4v) is 10.3. The van der Waals surface area contributed by atoms with Crippen molar-refractivity contribution in [3.05, 3.63) is 34.9 Å². The van der Waals surface area contributed by atoms with E-state index in [2.05, 4.69) is 4.90 Å². The molecule has 4 rings (SSSR count). The molecular formula is C47H79ClN2O13. The number of carbonyl (C=O) groups is 2. The van der Waals surface area contributed by atoms with E-state index in [9.17, 15) is 30.0 Å². The van der Waals surface area contributed by atoms with Crippen LogP contribution in [0.5, 0.6) is 0 Å². The van der Waals surface area contributed by atoms with Crippen LogP contribution in [0.1, 0.15) is 119 Å². The molecule has 0 aliphatic carbocycles. The van der Waals surface area contributed by atoms with Crippen LogP contribution in [0, 0.1) is 17.8 Å². The van der Waals surface area contributed by atoms with Crippen molar-refractivity contribution in [3.63, 3.8) is 0 Å². The van der Waals surface area contributed by atoms with Crippen molar-refractivity contribution in [1.82, 2.24) is 9.80 Å². The maximum atomic E-state index is 14.7. The summed E-state index contributed by atoms with van der Waals surface area (Å²) in [4.78, 5) is 32.6. The molecule has 63 heavy (non-hydrogen) atoms. The van der Waals surface area contributed by atoms with E-state index in [1.54, 1.807) is 58.9 Å². The zero-order valence-corrected chi connectivity index (χ0v) is 40.9. The molecule has 3 aliphatic heterocycles. The Hall–Kier alpha value is -1.99. The van der Waals surface area contributed by atoms with E-state index in [0.717, 1.165) is 6.42 Å². The summed E-state index contributed by atoms with van der Waals surface area (Å²) in [6.07, 6.45) is -8.01. The lowest BCUT2D eigenvalue weighted by Crippen LogP contribution is -2.61. The number of ether oxygens (including phenoxy) is 7. The van der Waals surface area contributed by atoms with Gasteiger partial charge in [-0.25, -0.2) is 4.79 Å². The van der Waals surface area contributed by atoms with Crippen molar-refractivity contribution >= 4 is 23.5 Å². The van der Waals surface area contributed by atoms with E-state index in [0.29, 0.717) is 24.5 Å². The molecule has 3 heterocycles. The van der Waals surface area contributed by atoms with Gasteiger partial charge in [-0.1, -0.05) is 39.3 Å². The Morgan fingerprint density at radius 2 is 1.59 bits per heavy atom. The van der Waals surface area contributed by atoms with Crippen LogP contribution in [0.3, 0.4) is 0 Å². The van der Waals surface area contributed by atoms with Gasteiger partial charge in [0.1, 0.15) is 30.0 Å². The molecule has 0 spiro atoms. The Balaban J connectivity index is 1.88. The van der Waals surface area contributed by atoms with E-state index in [1.165, 1.54) is 14.0 Å². The van der Waals surface area contributed by atoms with Crippen molar-refractivity contribution in [2.75, 3.05) is 34.3 Å². The molecule has 16 heteroatoms. The molecule has 362 valence electrons. The number of methoxy groups -OCH3 is 1. The number of nitrogens with zero attached hydrogens (tertiary/aromatic N) is 2. The number of rotatable bonds is 11. The molecule has 0 bridgehead atoms. The predicted octanol–water partition coefficient (Wildman–Crippen LogP) is 5.20. The highest BCUT2D eigenvalue weighted by molar-refractivity contribution is 6.30. The maximum Gasteiger partial charge on any atom is 0.338 e. The molecule has 0 amide bonds. The number of likely N-dealkylation sites (N-methyl/N-ethyl adjacent to an activating group) is 1. The van der Waals surface area contributed by atoms with Crippen LogP contribution in [-0.4, -0.2) is 167 Å². The number of aliphatic hydroxyl groups is 4. The third-order valence-electron chi connectivity index (χ3n) is 13.8. The van der Waals surface area contributed by atoms with Gasteiger partial charge in [0.2, 0.25) is 0 Å². The summed E-state index contributed by atoms with van der Waals surface area (Å²) in [5, 5.41) is 48.8. The highest BCUT2D eigenvalue weighted by Crippen LogP contribution is 2.40. The van der Waals surface area contributed by atoms with Gasteiger partial charge in [0.15, 0.2) is 12.6 Å². The topological polar surface area (TPSA) is 186 Å². The van der Waals surface area contributed by atoms with Crippen molar-refractivity contribution in [1.29, 1.82) is 0 Å². The number of hydrogen-bond donors (Lipinski definition) is 4. The molecule has 3 aliphatic rings. The summed E-state index contributed by atoms with van der Waals surface area (Å²) in [5.41, 5.74) is -4.36. The lowest BCUT2D eigenvalue weighted by atomic mass is 9.77. The second kappa shape index (κ2) is 22.2. The number of benzene rings is 1. The number of halogens is 1. The van der Waals surface area contributed by atoms with Crippen molar-refractivity contribution in [3.8, 4) is 0 Å². The number of cyclic esters (lactones) is 1. The van der Waals surface area contributed by atoms with Crippen LogP contribution in [-0.2, 0) is 38.0 Å². The fourth-order valence-electron chi connectivity index (χ4n) is 10.2. The number of hydrogen-bond acceptors (Lipinski definition) is 15. The molecule has 0 saturated carbocycles. The summed E-state index contributed by atoms with van der Waals surface area (Å²) in [6, 6.07) is 5.36. The number of esters is 2. The second-order valence-corrected chi connectivity index (χ2v) is 20.0. The van der Waals surface area contributed by atoms with E-state index in [4.69, 9.17) is 44.8 Å². The molecular weight excluding hydrogens is 836 g/mol. The minimum atomic E-state index is -1.91. The third-order valence-corrected chi connectivity index (χ3v) is 14.1. The quantitative estimate of drug-likeness (QED) is 0.212. The first-order chi connectivity index (χ1) is 29.3. The highest BCUT2D eigenvalue weighted by atomic mass is 35.5. The summed E-state index contributed by atoms with van der Waals surface area (Å²) in [7, 11) is 5.27. The summed E-state index contributed by atoms with van der Waals surface area (Å²) in [6.45, 7) is 20.7. The van der Waals surface area contributed by atoms with E-state index in [-0.39, 0.29) is 42.9 Å². The van der Waals surface area contributed by atoms with Crippen LogP contribution in [0.2, 0.25) is 5.02 Å². The maximum absolute atomic E-state index is 14.7.